The highest BCUT2D eigenvalue weighted by Gasteiger charge is 2.44. The van der Waals surface area contributed by atoms with Crippen molar-refractivity contribution in [2.24, 2.45) is 10.7 Å². The van der Waals surface area contributed by atoms with E-state index in [0.717, 1.165) is 32.4 Å². The van der Waals surface area contributed by atoms with Crippen LogP contribution in [0.25, 0.3) is 0 Å². The zero-order valence-electron chi connectivity index (χ0n) is 17.3. The van der Waals surface area contributed by atoms with Gasteiger partial charge in [0.25, 0.3) is 0 Å². The van der Waals surface area contributed by atoms with Gasteiger partial charge < -0.3 is 15.6 Å². The molecule has 0 spiro atoms. The minimum Gasteiger partial charge on any atom is -0.508 e. The Morgan fingerprint density at radius 2 is 1.77 bits per heavy atom. The van der Waals surface area contributed by atoms with Crippen LogP contribution in [0.5, 0.6) is 5.75 Å². The van der Waals surface area contributed by atoms with Crippen LogP contribution in [-0.2, 0) is 10.3 Å². The van der Waals surface area contributed by atoms with Gasteiger partial charge >= 0.3 is 6.09 Å². The zero-order valence-corrected chi connectivity index (χ0v) is 18.9. The second-order valence-electron chi connectivity index (χ2n) is 8.23. The van der Waals surface area contributed by atoms with Crippen LogP contribution >= 0.6 is 15.9 Å². The van der Waals surface area contributed by atoms with Gasteiger partial charge in [-0.2, -0.15) is 0 Å². The quantitative estimate of drug-likeness (QED) is 0.506. The fourth-order valence-corrected chi connectivity index (χ4v) is 4.64. The van der Waals surface area contributed by atoms with Crippen LogP contribution in [-0.4, -0.2) is 22.5 Å². The number of aliphatic imine (C=N–C) groups is 1. The highest BCUT2D eigenvalue weighted by molar-refractivity contribution is 9.10. The number of nitrogens with zero attached hydrogens (tertiary/aromatic N) is 1. The van der Waals surface area contributed by atoms with Gasteiger partial charge in [-0.3, -0.25) is 4.99 Å². The topological polar surface area (TPSA) is 84.9 Å². The van der Waals surface area contributed by atoms with Crippen molar-refractivity contribution in [1.29, 1.82) is 0 Å². The lowest BCUT2D eigenvalue weighted by Gasteiger charge is -2.29. The van der Waals surface area contributed by atoms with Crippen molar-refractivity contribution in [2.75, 3.05) is 0 Å². The van der Waals surface area contributed by atoms with Crippen molar-refractivity contribution in [3.05, 3.63) is 99.5 Å². The molecule has 0 radical (unpaired) electrons. The Bertz CT molecular complexity index is 1170. The van der Waals surface area contributed by atoms with E-state index in [1.54, 1.807) is 12.1 Å². The van der Waals surface area contributed by atoms with E-state index in [4.69, 9.17) is 15.5 Å². The first-order valence-corrected chi connectivity index (χ1v) is 10.7. The summed E-state index contributed by atoms with van der Waals surface area (Å²) in [6, 6.07) is 23.3. The van der Waals surface area contributed by atoms with Crippen LogP contribution in [0, 0.1) is 0 Å². The molecular weight excluding hydrogens is 456 g/mol. The van der Waals surface area contributed by atoms with E-state index in [0.29, 0.717) is 6.42 Å². The lowest BCUT2D eigenvalue weighted by atomic mass is 9.77. The molecule has 5 nitrogen and oxygen atoms in total. The van der Waals surface area contributed by atoms with Crippen molar-refractivity contribution >= 4 is 27.7 Å². The van der Waals surface area contributed by atoms with Gasteiger partial charge in [-0.15, -0.1) is 0 Å². The zero-order chi connectivity index (χ0) is 22.2. The molecule has 1 unspecified atom stereocenters. The normalized spacial score (nSPS) is 17.7. The van der Waals surface area contributed by atoms with E-state index in [1.807, 2.05) is 62.4 Å². The largest absolute Gasteiger partial charge is 0.508 e. The van der Waals surface area contributed by atoms with Crippen LogP contribution < -0.4 is 5.73 Å². The molecule has 3 aromatic rings. The van der Waals surface area contributed by atoms with Crippen molar-refractivity contribution < 1.29 is 14.6 Å². The number of hydrogen-bond acceptors (Lipinski definition) is 4. The number of phenolic OH excluding ortho intramolecular Hbond substituents is 1. The predicted molar refractivity (Wildman–Crippen MR) is 124 cm³/mol. The minimum atomic E-state index is -0.819. The molecule has 0 fully saturated rings. The SMILES string of the molecule is CC(C)(CC1=NC(c2ccc(O)cc2)(c2cccc(Br)c2)c2ccccc21)OC(N)=O. The minimum absolute atomic E-state index is 0.194. The lowest BCUT2D eigenvalue weighted by molar-refractivity contribution is 0.0513. The molecule has 6 heteroatoms. The molecule has 0 saturated heterocycles. The number of benzene rings is 3. The van der Waals surface area contributed by atoms with Crippen LogP contribution in [0.15, 0.2) is 82.3 Å². The molecule has 0 aromatic heterocycles. The van der Waals surface area contributed by atoms with Crippen LogP contribution in [0.2, 0.25) is 0 Å². The highest BCUT2D eigenvalue weighted by atomic mass is 79.9. The Labute approximate surface area is 189 Å². The van der Waals surface area contributed by atoms with Gasteiger partial charge in [0.15, 0.2) is 0 Å². The Morgan fingerprint density at radius 1 is 1.06 bits per heavy atom. The Balaban J connectivity index is 1.97. The third-order valence-corrected chi connectivity index (χ3v) is 5.92. The molecule has 1 aliphatic rings. The highest BCUT2D eigenvalue weighted by Crippen LogP contribution is 2.48. The first kappa shape index (κ1) is 21.1. The number of rotatable bonds is 5. The molecule has 0 saturated carbocycles. The van der Waals surface area contributed by atoms with Crippen molar-refractivity contribution in [3.63, 3.8) is 0 Å². The van der Waals surface area contributed by atoms with Crippen LogP contribution in [0.1, 0.15) is 42.5 Å². The van der Waals surface area contributed by atoms with E-state index in [2.05, 4.69) is 28.1 Å². The number of halogens is 1. The molecule has 31 heavy (non-hydrogen) atoms. The summed E-state index contributed by atoms with van der Waals surface area (Å²) in [4.78, 5) is 16.7. The third kappa shape index (κ3) is 3.95. The molecule has 1 aliphatic heterocycles. The van der Waals surface area contributed by atoms with E-state index in [9.17, 15) is 9.90 Å². The smallest absolute Gasteiger partial charge is 0.405 e. The maximum absolute atomic E-state index is 11.4. The maximum Gasteiger partial charge on any atom is 0.405 e. The summed E-state index contributed by atoms with van der Waals surface area (Å²) in [5.74, 6) is 0.194. The third-order valence-electron chi connectivity index (χ3n) is 5.43. The maximum atomic E-state index is 11.4. The van der Waals surface area contributed by atoms with E-state index >= 15 is 0 Å². The van der Waals surface area contributed by atoms with Crippen LogP contribution in [0.4, 0.5) is 4.79 Å². The fraction of sp³-hybridized carbons (Fsp3) is 0.200. The summed E-state index contributed by atoms with van der Waals surface area (Å²) in [5, 5.41) is 9.88. The molecular formula is C25H23BrN2O3. The van der Waals surface area contributed by atoms with Gasteiger partial charge in [0.1, 0.15) is 16.9 Å². The number of nitrogens with two attached hydrogens (primary N) is 1. The monoisotopic (exact) mass is 478 g/mol. The average molecular weight is 479 g/mol. The van der Waals surface area contributed by atoms with Crippen molar-refractivity contribution in [2.45, 2.75) is 31.4 Å². The molecule has 4 rings (SSSR count). The number of carbonyl (C=O) groups excluding carboxylic acids is 1. The number of hydrogen-bond donors (Lipinski definition) is 2. The number of phenols is 1. The number of primary amides is 1. The first-order chi connectivity index (χ1) is 14.7. The van der Waals surface area contributed by atoms with Gasteiger partial charge in [-0.05, 0) is 54.8 Å². The summed E-state index contributed by atoms with van der Waals surface area (Å²) >= 11 is 3.59. The average Bonchev–Trinajstić information content (AvgIpc) is 3.02. The molecule has 0 aliphatic carbocycles. The number of ether oxygens (including phenoxy) is 1. The Kier molecular flexibility index (Phi) is 5.35. The van der Waals surface area contributed by atoms with Crippen molar-refractivity contribution in [1.82, 2.24) is 0 Å². The second kappa shape index (κ2) is 7.85. The van der Waals surface area contributed by atoms with E-state index in [1.165, 1.54) is 0 Å². The summed E-state index contributed by atoms with van der Waals surface area (Å²) in [7, 11) is 0. The molecule has 1 atom stereocenters. The van der Waals surface area contributed by atoms with Gasteiger partial charge in [0.05, 0.1) is 0 Å². The molecule has 3 aromatic carbocycles. The van der Waals surface area contributed by atoms with Crippen LogP contribution in [0.3, 0.4) is 0 Å². The molecule has 158 valence electrons. The summed E-state index contributed by atoms with van der Waals surface area (Å²) in [5.41, 5.74) is 8.44. The predicted octanol–water partition coefficient (Wildman–Crippen LogP) is 5.51. The second-order valence-corrected chi connectivity index (χ2v) is 9.14. The van der Waals surface area contributed by atoms with Gasteiger partial charge in [-0.25, -0.2) is 4.79 Å². The Morgan fingerprint density at radius 3 is 2.45 bits per heavy atom. The number of fused-ring (bicyclic) bond motifs is 1. The summed E-state index contributed by atoms with van der Waals surface area (Å²) in [6.45, 7) is 3.64. The van der Waals surface area contributed by atoms with Gasteiger partial charge in [0.2, 0.25) is 0 Å². The molecule has 0 bridgehead atoms. The fourth-order valence-electron chi connectivity index (χ4n) is 4.24. The first-order valence-electron chi connectivity index (χ1n) is 9.94. The molecule has 1 heterocycles. The lowest BCUT2D eigenvalue weighted by Crippen LogP contribution is -2.33. The standard InChI is InChI=1S/C25H23BrN2O3/c1-24(2,31-23(27)30)15-22-20-8-3-4-9-21(20)25(28-22,16-10-12-19(29)13-11-16)17-6-5-7-18(26)14-17/h3-14,29H,15H2,1-2H3,(H2,27,30). The van der Waals surface area contributed by atoms with Crippen molar-refractivity contribution in [3.8, 4) is 5.75 Å². The van der Waals surface area contributed by atoms with E-state index < -0.39 is 17.2 Å². The molecule has 1 amide bonds. The number of aromatic hydroxyl groups is 1. The number of amides is 1. The summed E-state index contributed by atoms with van der Waals surface area (Å²) in [6.07, 6.45) is -0.408. The van der Waals surface area contributed by atoms with Gasteiger partial charge in [-0.1, -0.05) is 64.5 Å². The Hall–Kier alpha value is -3.12. The van der Waals surface area contributed by atoms with Gasteiger partial charge in [0, 0.05) is 22.2 Å². The molecule has 3 N–H and O–H groups in total. The summed E-state index contributed by atoms with van der Waals surface area (Å²) < 4.78 is 6.29. The number of carbonyl (C=O) groups is 1. The van der Waals surface area contributed by atoms with E-state index in [-0.39, 0.29) is 5.75 Å².